The van der Waals surface area contributed by atoms with Crippen molar-refractivity contribution in [3.63, 3.8) is 0 Å². The topological polar surface area (TPSA) is 129 Å². The number of ether oxygens (including phenoxy) is 5. The van der Waals surface area contributed by atoms with Crippen LogP contribution in [0, 0.1) is 0 Å². The molecule has 2 aromatic heterocycles. The molecule has 1 N–H and O–H groups in total. The van der Waals surface area contributed by atoms with Crippen LogP contribution in [0.15, 0.2) is 41.2 Å². The van der Waals surface area contributed by atoms with Crippen LogP contribution < -0.4 is 24.5 Å². The first-order valence-corrected chi connectivity index (χ1v) is 13.2. The third-order valence-electron chi connectivity index (χ3n) is 7.59. The highest BCUT2D eigenvalue weighted by molar-refractivity contribution is 5.83. The first-order valence-electron chi connectivity index (χ1n) is 13.2. The number of hydrogen-bond donors (Lipinski definition) is 1. The van der Waals surface area contributed by atoms with E-state index in [4.69, 9.17) is 23.7 Å². The average Bonchev–Trinajstić information content (AvgIpc) is 3.73. The lowest BCUT2D eigenvalue weighted by Crippen LogP contribution is -2.48. The summed E-state index contributed by atoms with van der Waals surface area (Å²) in [6.07, 6.45) is 0. The van der Waals surface area contributed by atoms with Crippen LogP contribution in [-0.4, -0.2) is 88.5 Å². The van der Waals surface area contributed by atoms with Crippen LogP contribution in [0.5, 0.6) is 23.0 Å². The van der Waals surface area contributed by atoms with Crippen molar-refractivity contribution >= 4 is 10.9 Å². The molecule has 0 bridgehead atoms. The average molecular weight is 548 g/mol. The van der Waals surface area contributed by atoms with Gasteiger partial charge in [0.15, 0.2) is 28.8 Å². The molecule has 0 aliphatic carbocycles. The fourth-order valence-electron chi connectivity index (χ4n) is 5.54. The minimum Gasteiger partial charge on any atom is -0.454 e. The molecule has 40 heavy (non-hydrogen) atoms. The monoisotopic (exact) mass is 547 g/mol. The van der Waals surface area contributed by atoms with E-state index in [0.29, 0.717) is 41.6 Å². The Labute approximate surface area is 229 Å². The van der Waals surface area contributed by atoms with Gasteiger partial charge >= 0.3 is 0 Å². The van der Waals surface area contributed by atoms with Crippen molar-refractivity contribution in [3.8, 4) is 23.0 Å². The highest BCUT2D eigenvalue weighted by atomic mass is 16.7. The Morgan fingerprint density at radius 2 is 1.70 bits per heavy atom. The minimum atomic E-state index is -0.446. The summed E-state index contributed by atoms with van der Waals surface area (Å²) >= 11 is 0. The number of aromatic nitrogens is 5. The van der Waals surface area contributed by atoms with Crippen LogP contribution in [-0.2, 0) is 17.8 Å². The first kappa shape index (κ1) is 24.8. The normalized spacial score (nSPS) is 17.5. The van der Waals surface area contributed by atoms with Crippen molar-refractivity contribution < 1.29 is 23.7 Å². The predicted octanol–water partition coefficient (Wildman–Crippen LogP) is 1.53. The van der Waals surface area contributed by atoms with Gasteiger partial charge in [-0.1, -0.05) is 6.07 Å². The van der Waals surface area contributed by atoms with Gasteiger partial charge in [-0.2, -0.15) is 0 Å². The largest absolute Gasteiger partial charge is 0.454 e. The lowest BCUT2D eigenvalue weighted by Gasteiger charge is -2.38. The second-order valence-corrected chi connectivity index (χ2v) is 10.0. The van der Waals surface area contributed by atoms with E-state index < -0.39 is 6.04 Å². The zero-order valence-electron chi connectivity index (χ0n) is 22.0. The van der Waals surface area contributed by atoms with E-state index in [1.165, 1.54) is 5.56 Å². The van der Waals surface area contributed by atoms with Crippen molar-refractivity contribution in [2.75, 3.05) is 53.5 Å². The number of pyridine rings is 1. The number of nitrogens with zero attached hydrogens (tertiary/aromatic N) is 6. The summed E-state index contributed by atoms with van der Waals surface area (Å²) in [6.45, 7) is 5.23. The van der Waals surface area contributed by atoms with Crippen molar-refractivity contribution in [1.82, 2.24) is 35.0 Å². The Morgan fingerprint density at radius 3 is 2.50 bits per heavy atom. The molecule has 1 atom stereocenters. The van der Waals surface area contributed by atoms with E-state index in [1.807, 2.05) is 24.3 Å². The number of H-pyrrole nitrogens is 1. The molecule has 4 aromatic rings. The van der Waals surface area contributed by atoms with Gasteiger partial charge in [-0.05, 0) is 40.3 Å². The molecular weight excluding hydrogens is 518 g/mol. The molecule has 2 aromatic carbocycles. The summed E-state index contributed by atoms with van der Waals surface area (Å²) in [5.74, 6) is 3.45. The van der Waals surface area contributed by atoms with E-state index in [2.05, 4.69) is 36.4 Å². The Morgan fingerprint density at radius 1 is 0.950 bits per heavy atom. The number of aromatic amines is 1. The second kappa shape index (κ2) is 10.4. The number of fused-ring (bicyclic) bond motifs is 3. The molecule has 1 fully saturated rings. The van der Waals surface area contributed by atoms with Crippen LogP contribution in [0.4, 0.5) is 0 Å². The molecule has 1 saturated heterocycles. The molecule has 7 rings (SSSR count). The zero-order chi connectivity index (χ0) is 27.1. The fraction of sp³-hybridized carbons (Fsp3) is 0.407. The third-order valence-corrected chi connectivity index (χ3v) is 7.59. The van der Waals surface area contributed by atoms with E-state index in [1.54, 1.807) is 17.9 Å². The summed E-state index contributed by atoms with van der Waals surface area (Å²) in [7, 11) is 1.64. The molecule has 0 amide bonds. The molecule has 3 aliphatic heterocycles. The van der Waals surface area contributed by atoms with Gasteiger partial charge in [-0.3, -0.25) is 14.6 Å². The van der Waals surface area contributed by atoms with Crippen molar-refractivity contribution in [3.05, 3.63) is 63.7 Å². The van der Waals surface area contributed by atoms with E-state index >= 15 is 0 Å². The number of tetrazole rings is 1. The molecule has 0 saturated carbocycles. The number of benzene rings is 2. The van der Waals surface area contributed by atoms with E-state index in [0.717, 1.165) is 49.6 Å². The van der Waals surface area contributed by atoms with Crippen LogP contribution in [0.1, 0.15) is 23.0 Å². The standard InChI is InChI=1S/C27H29N7O6/c1-36-9-8-34-26(29-30-31-34)25(19-11-18-12-23-24(40-16-39-23)13-20(18)28-27(19)35)33-6-4-32(5-7-33)14-17-2-3-21-22(10-17)38-15-37-21/h2-3,10-13,25H,4-9,14-16H2,1H3,(H,28,35)/t25-/m0/s1. The Bertz CT molecular complexity index is 1600. The van der Waals surface area contributed by atoms with Crippen molar-refractivity contribution in [2.45, 2.75) is 19.1 Å². The summed E-state index contributed by atoms with van der Waals surface area (Å²) in [5.41, 5.74) is 2.23. The molecular formula is C27H29N7O6. The molecule has 13 heteroatoms. The maximum Gasteiger partial charge on any atom is 0.253 e. The predicted molar refractivity (Wildman–Crippen MR) is 142 cm³/mol. The summed E-state index contributed by atoms with van der Waals surface area (Å²) in [6, 6.07) is 11.2. The van der Waals surface area contributed by atoms with Gasteiger partial charge in [-0.15, -0.1) is 5.10 Å². The molecule has 3 aliphatic rings. The fourth-order valence-corrected chi connectivity index (χ4v) is 5.54. The van der Waals surface area contributed by atoms with Crippen LogP contribution >= 0.6 is 0 Å². The first-order chi connectivity index (χ1) is 19.7. The molecule has 0 spiro atoms. The minimum absolute atomic E-state index is 0.163. The van der Waals surface area contributed by atoms with Gasteiger partial charge < -0.3 is 28.7 Å². The zero-order valence-corrected chi connectivity index (χ0v) is 22.0. The van der Waals surface area contributed by atoms with Crippen LogP contribution in [0.25, 0.3) is 10.9 Å². The summed E-state index contributed by atoms with van der Waals surface area (Å²) in [4.78, 5) is 21.3. The van der Waals surface area contributed by atoms with Gasteiger partial charge in [-0.25, -0.2) is 4.68 Å². The SMILES string of the molecule is COCCn1nnnc1[C@H](c1cc2cc3c(cc2[nH]c1=O)OCO3)N1CCN(Cc2ccc3c(c2)OCO3)CC1. The van der Waals surface area contributed by atoms with Crippen molar-refractivity contribution in [1.29, 1.82) is 0 Å². The quantitative estimate of drug-likeness (QED) is 0.345. The highest BCUT2D eigenvalue weighted by Gasteiger charge is 2.33. The second-order valence-electron chi connectivity index (χ2n) is 10.0. The van der Waals surface area contributed by atoms with Gasteiger partial charge in [0, 0.05) is 56.8 Å². The number of methoxy groups -OCH3 is 1. The number of rotatable bonds is 8. The molecule has 0 radical (unpaired) electrons. The number of piperazine rings is 1. The number of nitrogens with one attached hydrogen (secondary N) is 1. The summed E-state index contributed by atoms with van der Waals surface area (Å²) < 4.78 is 29.1. The van der Waals surface area contributed by atoms with Crippen LogP contribution in [0.2, 0.25) is 0 Å². The van der Waals surface area contributed by atoms with Gasteiger partial charge in [0.2, 0.25) is 13.6 Å². The lowest BCUT2D eigenvalue weighted by molar-refractivity contribution is 0.0984. The lowest BCUT2D eigenvalue weighted by atomic mass is 10.0. The van der Waals surface area contributed by atoms with E-state index in [-0.39, 0.29) is 19.1 Å². The highest BCUT2D eigenvalue weighted by Crippen LogP contribution is 2.37. The molecule has 5 heterocycles. The molecule has 13 nitrogen and oxygen atoms in total. The van der Waals surface area contributed by atoms with Gasteiger partial charge in [0.1, 0.15) is 6.04 Å². The third kappa shape index (κ3) is 4.61. The number of hydrogen-bond acceptors (Lipinski definition) is 11. The Kier molecular flexibility index (Phi) is 6.46. The maximum atomic E-state index is 13.5. The van der Waals surface area contributed by atoms with Gasteiger partial charge in [0.05, 0.1) is 18.7 Å². The summed E-state index contributed by atoms with van der Waals surface area (Å²) in [5, 5.41) is 13.4. The molecule has 208 valence electrons. The van der Waals surface area contributed by atoms with Gasteiger partial charge in [0.25, 0.3) is 5.56 Å². The maximum absolute atomic E-state index is 13.5. The van der Waals surface area contributed by atoms with Crippen LogP contribution in [0.3, 0.4) is 0 Å². The Balaban J connectivity index is 1.18. The molecule has 0 unspecified atom stereocenters. The van der Waals surface area contributed by atoms with Crippen molar-refractivity contribution in [2.24, 2.45) is 0 Å². The Hall–Kier alpha value is -4.20. The van der Waals surface area contributed by atoms with E-state index in [9.17, 15) is 4.79 Å². The smallest absolute Gasteiger partial charge is 0.253 e.